The zero-order valence-electron chi connectivity index (χ0n) is 12.1. The van der Waals surface area contributed by atoms with Crippen molar-refractivity contribution in [2.45, 2.75) is 45.1 Å². The van der Waals surface area contributed by atoms with Crippen molar-refractivity contribution in [2.24, 2.45) is 11.8 Å². The third-order valence-electron chi connectivity index (χ3n) is 3.58. The van der Waals surface area contributed by atoms with Gasteiger partial charge in [0.05, 0.1) is 6.20 Å². The largest absolute Gasteiger partial charge is 0.269 e. The van der Waals surface area contributed by atoms with Gasteiger partial charge in [0.1, 0.15) is 4.90 Å². The highest BCUT2D eigenvalue weighted by Crippen LogP contribution is 2.26. The van der Waals surface area contributed by atoms with Crippen molar-refractivity contribution in [3.05, 3.63) is 12.4 Å². The van der Waals surface area contributed by atoms with Crippen molar-refractivity contribution in [2.75, 3.05) is 13.1 Å². The molecule has 5 nitrogen and oxygen atoms in total. The van der Waals surface area contributed by atoms with E-state index in [1.54, 1.807) is 15.2 Å². The summed E-state index contributed by atoms with van der Waals surface area (Å²) in [6.07, 6.45) is 4.18. The fraction of sp³-hybridized carbons (Fsp3) is 0.769. The van der Waals surface area contributed by atoms with Gasteiger partial charge in [-0.1, -0.05) is 13.8 Å². The van der Waals surface area contributed by atoms with Gasteiger partial charge in [-0.05, 0) is 32.1 Å². The molecule has 2 atom stereocenters. The van der Waals surface area contributed by atoms with Gasteiger partial charge in [0.2, 0.25) is 10.0 Å². The second-order valence-corrected chi connectivity index (χ2v) is 7.96. The molecule has 0 radical (unpaired) electrons. The molecule has 0 aliphatic carbocycles. The standard InChI is InChI=1S/C13H23N3O2S/c1-10(2)16-9-13(6-14-16)19(17,18)15-7-11(3)5-12(4)8-15/h6,9-12H,5,7-8H2,1-4H3/t11-,12-/m0/s1. The minimum absolute atomic E-state index is 0.170. The Morgan fingerprint density at radius 3 is 2.32 bits per heavy atom. The molecular weight excluding hydrogens is 262 g/mol. The Labute approximate surface area is 115 Å². The fourth-order valence-electron chi connectivity index (χ4n) is 2.69. The molecule has 1 aromatic heterocycles. The van der Waals surface area contributed by atoms with E-state index < -0.39 is 10.0 Å². The smallest absolute Gasteiger partial charge is 0.246 e. The topological polar surface area (TPSA) is 55.2 Å². The van der Waals surface area contributed by atoms with Gasteiger partial charge < -0.3 is 0 Å². The lowest BCUT2D eigenvalue weighted by Gasteiger charge is -2.33. The van der Waals surface area contributed by atoms with E-state index in [4.69, 9.17) is 0 Å². The van der Waals surface area contributed by atoms with Crippen LogP contribution in [0.5, 0.6) is 0 Å². The molecule has 1 aliphatic rings. The first kappa shape index (κ1) is 14.5. The average Bonchev–Trinajstić information content (AvgIpc) is 2.77. The summed E-state index contributed by atoms with van der Waals surface area (Å²) in [5.41, 5.74) is 0. The first-order valence-corrected chi connectivity index (χ1v) is 8.29. The molecule has 0 saturated carbocycles. The monoisotopic (exact) mass is 285 g/mol. The molecule has 0 unspecified atom stereocenters. The van der Waals surface area contributed by atoms with Gasteiger partial charge in [0, 0.05) is 25.3 Å². The van der Waals surface area contributed by atoms with Gasteiger partial charge in [-0.2, -0.15) is 9.40 Å². The van der Waals surface area contributed by atoms with E-state index in [1.165, 1.54) is 6.20 Å². The maximum atomic E-state index is 12.6. The van der Waals surface area contributed by atoms with Crippen LogP contribution in [0.15, 0.2) is 17.3 Å². The number of sulfonamides is 1. The van der Waals surface area contributed by atoms with E-state index >= 15 is 0 Å². The predicted octanol–water partition coefficient (Wildman–Crippen LogP) is 2.13. The maximum absolute atomic E-state index is 12.6. The van der Waals surface area contributed by atoms with E-state index in [-0.39, 0.29) is 6.04 Å². The summed E-state index contributed by atoms with van der Waals surface area (Å²) in [5, 5.41) is 4.13. The lowest BCUT2D eigenvalue weighted by atomic mass is 9.94. The van der Waals surface area contributed by atoms with Crippen molar-refractivity contribution < 1.29 is 8.42 Å². The third-order valence-corrected chi connectivity index (χ3v) is 5.36. The van der Waals surface area contributed by atoms with Crippen LogP contribution >= 0.6 is 0 Å². The van der Waals surface area contributed by atoms with Crippen LogP contribution in [0.2, 0.25) is 0 Å². The summed E-state index contributed by atoms with van der Waals surface area (Å²) in [5.74, 6) is 0.831. The Hall–Kier alpha value is -0.880. The van der Waals surface area contributed by atoms with Gasteiger partial charge in [0.25, 0.3) is 0 Å². The molecule has 2 heterocycles. The molecule has 0 aromatic carbocycles. The second-order valence-electron chi connectivity index (χ2n) is 6.02. The van der Waals surface area contributed by atoms with E-state index in [1.807, 2.05) is 13.8 Å². The number of piperidine rings is 1. The highest BCUT2D eigenvalue weighted by Gasteiger charge is 2.32. The summed E-state index contributed by atoms with van der Waals surface area (Å²) in [6.45, 7) is 9.40. The zero-order valence-corrected chi connectivity index (χ0v) is 12.9. The molecule has 0 bridgehead atoms. The number of aromatic nitrogens is 2. The van der Waals surface area contributed by atoms with Gasteiger partial charge in [0.15, 0.2) is 0 Å². The average molecular weight is 285 g/mol. The molecule has 0 spiro atoms. The molecular formula is C13H23N3O2S. The Balaban J connectivity index is 2.25. The van der Waals surface area contributed by atoms with Crippen molar-refractivity contribution in [1.82, 2.24) is 14.1 Å². The van der Waals surface area contributed by atoms with Crippen LogP contribution in [0.3, 0.4) is 0 Å². The number of hydrogen-bond donors (Lipinski definition) is 0. The number of rotatable bonds is 3. The van der Waals surface area contributed by atoms with Crippen LogP contribution in [-0.4, -0.2) is 35.6 Å². The van der Waals surface area contributed by atoms with Crippen molar-refractivity contribution in [3.63, 3.8) is 0 Å². The minimum Gasteiger partial charge on any atom is -0.269 e. The normalized spacial score (nSPS) is 25.9. The number of nitrogens with zero attached hydrogens (tertiary/aromatic N) is 3. The second kappa shape index (κ2) is 5.25. The van der Waals surface area contributed by atoms with Crippen LogP contribution in [0.1, 0.15) is 40.2 Å². The molecule has 1 fully saturated rings. The maximum Gasteiger partial charge on any atom is 0.246 e. The Bertz CT molecular complexity index is 526. The summed E-state index contributed by atoms with van der Waals surface area (Å²) < 4.78 is 28.5. The van der Waals surface area contributed by atoms with Crippen molar-refractivity contribution in [3.8, 4) is 0 Å². The quantitative estimate of drug-likeness (QED) is 0.855. The van der Waals surface area contributed by atoms with Gasteiger partial charge >= 0.3 is 0 Å². The molecule has 2 rings (SSSR count). The Morgan fingerprint density at radius 2 is 1.84 bits per heavy atom. The van der Waals surface area contributed by atoms with Crippen LogP contribution in [0.25, 0.3) is 0 Å². The molecule has 1 aromatic rings. The van der Waals surface area contributed by atoms with Gasteiger partial charge in [-0.3, -0.25) is 4.68 Å². The molecule has 108 valence electrons. The minimum atomic E-state index is -3.39. The molecule has 1 aliphatic heterocycles. The zero-order chi connectivity index (χ0) is 14.2. The molecule has 19 heavy (non-hydrogen) atoms. The Morgan fingerprint density at radius 1 is 1.26 bits per heavy atom. The predicted molar refractivity (Wildman–Crippen MR) is 74.3 cm³/mol. The third kappa shape index (κ3) is 3.00. The lowest BCUT2D eigenvalue weighted by molar-refractivity contribution is 0.222. The van der Waals surface area contributed by atoms with Gasteiger partial charge in [-0.25, -0.2) is 8.42 Å². The van der Waals surface area contributed by atoms with Crippen LogP contribution in [-0.2, 0) is 10.0 Å². The molecule has 1 saturated heterocycles. The van der Waals surface area contributed by atoms with Crippen molar-refractivity contribution in [1.29, 1.82) is 0 Å². The molecule has 0 amide bonds. The molecule has 6 heteroatoms. The number of hydrogen-bond acceptors (Lipinski definition) is 3. The summed E-state index contributed by atoms with van der Waals surface area (Å²) in [4.78, 5) is 0.308. The van der Waals surface area contributed by atoms with Crippen LogP contribution < -0.4 is 0 Å². The van der Waals surface area contributed by atoms with E-state index in [0.29, 0.717) is 29.8 Å². The first-order chi connectivity index (χ1) is 8.80. The van der Waals surface area contributed by atoms with E-state index in [2.05, 4.69) is 18.9 Å². The van der Waals surface area contributed by atoms with Crippen LogP contribution in [0, 0.1) is 11.8 Å². The molecule has 0 N–H and O–H groups in total. The van der Waals surface area contributed by atoms with Crippen molar-refractivity contribution >= 4 is 10.0 Å². The van der Waals surface area contributed by atoms with Gasteiger partial charge in [-0.15, -0.1) is 0 Å². The Kier molecular flexibility index (Phi) is 4.01. The highest BCUT2D eigenvalue weighted by atomic mass is 32.2. The summed E-state index contributed by atoms with van der Waals surface area (Å²) in [6, 6.07) is 0.170. The summed E-state index contributed by atoms with van der Waals surface area (Å²) >= 11 is 0. The van der Waals surface area contributed by atoms with E-state index in [0.717, 1.165) is 6.42 Å². The van der Waals surface area contributed by atoms with Crippen LogP contribution in [0.4, 0.5) is 0 Å². The first-order valence-electron chi connectivity index (χ1n) is 6.85. The fourth-order valence-corrected chi connectivity index (χ4v) is 4.31. The highest BCUT2D eigenvalue weighted by molar-refractivity contribution is 7.89. The lowest BCUT2D eigenvalue weighted by Crippen LogP contribution is -2.42. The summed E-state index contributed by atoms with van der Waals surface area (Å²) in [7, 11) is -3.39. The SMILES string of the molecule is CC(C)n1cc(S(=O)(=O)N2C[C@@H](C)C[C@H](C)C2)cn1. The van der Waals surface area contributed by atoms with E-state index in [9.17, 15) is 8.42 Å².